The lowest BCUT2D eigenvalue weighted by Gasteiger charge is -2.24. The Bertz CT molecular complexity index is 202. The molecule has 2 saturated carbocycles. The van der Waals surface area contributed by atoms with E-state index >= 15 is 0 Å². The predicted molar refractivity (Wildman–Crippen MR) is 70.5 cm³/mol. The zero-order valence-corrected chi connectivity index (χ0v) is 11.2. The van der Waals surface area contributed by atoms with Crippen molar-refractivity contribution in [3.05, 3.63) is 0 Å². The standard InChI is InChI=1S/C15H29N/c1-3-9-16-15(4-2)8-7-14-11-12-5-6-13(14)10-12/h12-16H,3-11H2,1-2H3. The van der Waals surface area contributed by atoms with Gasteiger partial charge in [0.1, 0.15) is 0 Å². The zero-order chi connectivity index (χ0) is 11.4. The molecule has 2 bridgehead atoms. The first-order chi connectivity index (χ1) is 7.83. The molecule has 0 amide bonds. The van der Waals surface area contributed by atoms with E-state index in [9.17, 15) is 0 Å². The van der Waals surface area contributed by atoms with Gasteiger partial charge < -0.3 is 5.32 Å². The van der Waals surface area contributed by atoms with Gasteiger partial charge in [-0.1, -0.05) is 20.3 Å². The van der Waals surface area contributed by atoms with Crippen LogP contribution in [-0.4, -0.2) is 12.6 Å². The lowest BCUT2D eigenvalue weighted by atomic mass is 9.84. The Morgan fingerprint density at radius 2 is 2.06 bits per heavy atom. The quantitative estimate of drug-likeness (QED) is 0.688. The molecule has 0 radical (unpaired) electrons. The first-order valence-electron chi connectivity index (χ1n) is 7.56. The predicted octanol–water partition coefficient (Wildman–Crippen LogP) is 3.98. The molecule has 0 aromatic carbocycles. The Kier molecular flexibility index (Phi) is 4.69. The van der Waals surface area contributed by atoms with Crippen LogP contribution in [0.2, 0.25) is 0 Å². The van der Waals surface area contributed by atoms with Crippen molar-refractivity contribution in [2.45, 2.75) is 71.3 Å². The highest BCUT2D eigenvalue weighted by Gasteiger charge is 2.38. The molecule has 0 heterocycles. The van der Waals surface area contributed by atoms with Crippen LogP contribution in [0.15, 0.2) is 0 Å². The van der Waals surface area contributed by atoms with Gasteiger partial charge >= 0.3 is 0 Å². The van der Waals surface area contributed by atoms with Crippen LogP contribution < -0.4 is 5.32 Å². The van der Waals surface area contributed by atoms with Gasteiger partial charge in [-0.2, -0.15) is 0 Å². The van der Waals surface area contributed by atoms with Crippen molar-refractivity contribution in [1.82, 2.24) is 5.32 Å². The van der Waals surface area contributed by atoms with Crippen LogP contribution >= 0.6 is 0 Å². The molecular weight excluding hydrogens is 194 g/mol. The van der Waals surface area contributed by atoms with Crippen LogP contribution in [-0.2, 0) is 0 Å². The Balaban J connectivity index is 1.65. The van der Waals surface area contributed by atoms with Crippen molar-refractivity contribution in [1.29, 1.82) is 0 Å². The Labute approximate surface area is 101 Å². The average molecular weight is 223 g/mol. The van der Waals surface area contributed by atoms with Gasteiger partial charge in [0.15, 0.2) is 0 Å². The van der Waals surface area contributed by atoms with E-state index in [1.54, 1.807) is 25.7 Å². The van der Waals surface area contributed by atoms with Crippen molar-refractivity contribution in [3.63, 3.8) is 0 Å². The Morgan fingerprint density at radius 3 is 2.62 bits per heavy atom. The highest BCUT2D eigenvalue weighted by atomic mass is 14.9. The summed E-state index contributed by atoms with van der Waals surface area (Å²) in [6.07, 6.45) is 11.7. The fourth-order valence-corrected chi connectivity index (χ4v) is 3.94. The van der Waals surface area contributed by atoms with E-state index in [0.29, 0.717) is 0 Å². The highest BCUT2D eigenvalue weighted by Crippen LogP contribution is 2.49. The average Bonchev–Trinajstić information content (AvgIpc) is 2.91. The zero-order valence-electron chi connectivity index (χ0n) is 11.2. The summed E-state index contributed by atoms with van der Waals surface area (Å²) in [5.74, 6) is 3.34. The molecule has 94 valence electrons. The Hall–Kier alpha value is -0.0400. The first-order valence-corrected chi connectivity index (χ1v) is 7.56. The van der Waals surface area contributed by atoms with Crippen molar-refractivity contribution in [2.75, 3.05) is 6.54 Å². The van der Waals surface area contributed by atoms with E-state index in [-0.39, 0.29) is 0 Å². The molecule has 4 atom stereocenters. The van der Waals surface area contributed by atoms with Gasteiger partial charge in [-0.15, -0.1) is 0 Å². The molecule has 4 unspecified atom stereocenters. The van der Waals surface area contributed by atoms with Crippen LogP contribution in [0.3, 0.4) is 0 Å². The smallest absolute Gasteiger partial charge is 0.00645 e. The molecule has 0 aromatic rings. The van der Waals surface area contributed by atoms with Gasteiger partial charge in [-0.05, 0) is 69.2 Å². The van der Waals surface area contributed by atoms with E-state index in [1.165, 1.54) is 32.2 Å². The number of hydrogen-bond acceptors (Lipinski definition) is 1. The van der Waals surface area contributed by atoms with Crippen LogP contribution in [0.4, 0.5) is 0 Å². The fourth-order valence-electron chi connectivity index (χ4n) is 3.94. The molecule has 0 spiro atoms. The summed E-state index contributed by atoms with van der Waals surface area (Å²) in [6, 6.07) is 0.791. The van der Waals surface area contributed by atoms with E-state index in [4.69, 9.17) is 0 Å². The van der Waals surface area contributed by atoms with Crippen LogP contribution in [0.5, 0.6) is 0 Å². The van der Waals surface area contributed by atoms with E-state index in [0.717, 1.165) is 23.8 Å². The summed E-state index contributed by atoms with van der Waals surface area (Å²) >= 11 is 0. The summed E-state index contributed by atoms with van der Waals surface area (Å²) < 4.78 is 0. The molecule has 2 aliphatic rings. The van der Waals surface area contributed by atoms with Crippen molar-refractivity contribution in [3.8, 4) is 0 Å². The lowest BCUT2D eigenvalue weighted by Crippen LogP contribution is -2.30. The molecular formula is C15H29N. The molecule has 1 heteroatoms. The summed E-state index contributed by atoms with van der Waals surface area (Å²) in [7, 11) is 0. The monoisotopic (exact) mass is 223 g/mol. The summed E-state index contributed by atoms with van der Waals surface area (Å²) in [5.41, 5.74) is 0. The maximum atomic E-state index is 3.69. The first kappa shape index (κ1) is 12.4. The SMILES string of the molecule is CCCNC(CC)CCC1CC2CCC1C2. The van der Waals surface area contributed by atoms with Gasteiger partial charge in [0, 0.05) is 6.04 Å². The molecule has 16 heavy (non-hydrogen) atoms. The number of nitrogens with one attached hydrogen (secondary N) is 1. The minimum atomic E-state index is 0.791. The highest BCUT2D eigenvalue weighted by molar-refractivity contribution is 4.90. The second kappa shape index (κ2) is 6.05. The third-order valence-electron chi connectivity index (χ3n) is 4.95. The molecule has 0 aliphatic heterocycles. The fraction of sp³-hybridized carbons (Fsp3) is 1.00. The molecule has 1 N–H and O–H groups in total. The molecule has 2 aliphatic carbocycles. The molecule has 2 rings (SSSR count). The minimum absolute atomic E-state index is 0.791. The second-order valence-corrected chi connectivity index (χ2v) is 6.07. The van der Waals surface area contributed by atoms with Gasteiger partial charge in [0.2, 0.25) is 0 Å². The van der Waals surface area contributed by atoms with Gasteiger partial charge in [0.05, 0.1) is 0 Å². The molecule has 0 aromatic heterocycles. The summed E-state index contributed by atoms with van der Waals surface area (Å²) in [4.78, 5) is 0. The number of rotatable bonds is 7. The largest absolute Gasteiger partial charge is 0.314 e. The third kappa shape index (κ3) is 3.00. The van der Waals surface area contributed by atoms with Crippen molar-refractivity contribution >= 4 is 0 Å². The summed E-state index contributed by atoms with van der Waals surface area (Å²) in [5, 5.41) is 3.69. The summed E-state index contributed by atoms with van der Waals surface area (Å²) in [6.45, 7) is 5.79. The van der Waals surface area contributed by atoms with Crippen molar-refractivity contribution < 1.29 is 0 Å². The van der Waals surface area contributed by atoms with Gasteiger partial charge in [-0.3, -0.25) is 0 Å². The number of hydrogen-bond donors (Lipinski definition) is 1. The van der Waals surface area contributed by atoms with E-state index in [2.05, 4.69) is 19.2 Å². The molecule has 2 fully saturated rings. The maximum Gasteiger partial charge on any atom is 0.00645 e. The van der Waals surface area contributed by atoms with Crippen LogP contribution in [0.1, 0.15) is 65.2 Å². The molecule has 1 nitrogen and oxygen atoms in total. The van der Waals surface area contributed by atoms with Gasteiger partial charge in [-0.25, -0.2) is 0 Å². The lowest BCUT2D eigenvalue weighted by molar-refractivity contribution is 0.290. The molecule has 0 saturated heterocycles. The topological polar surface area (TPSA) is 12.0 Å². The Morgan fingerprint density at radius 1 is 1.19 bits per heavy atom. The van der Waals surface area contributed by atoms with E-state index < -0.39 is 0 Å². The van der Waals surface area contributed by atoms with Crippen LogP contribution in [0, 0.1) is 17.8 Å². The minimum Gasteiger partial charge on any atom is -0.314 e. The number of fused-ring (bicyclic) bond motifs is 2. The third-order valence-corrected chi connectivity index (χ3v) is 4.95. The van der Waals surface area contributed by atoms with E-state index in [1.807, 2.05) is 0 Å². The van der Waals surface area contributed by atoms with Crippen LogP contribution in [0.25, 0.3) is 0 Å². The van der Waals surface area contributed by atoms with Gasteiger partial charge in [0.25, 0.3) is 0 Å². The van der Waals surface area contributed by atoms with Crippen molar-refractivity contribution in [2.24, 2.45) is 17.8 Å². The maximum absolute atomic E-state index is 3.69. The second-order valence-electron chi connectivity index (χ2n) is 6.07. The normalized spacial score (nSPS) is 34.5.